The van der Waals surface area contributed by atoms with Crippen molar-refractivity contribution in [1.29, 1.82) is 0 Å². The molecule has 2 aromatic carbocycles. The summed E-state index contributed by atoms with van der Waals surface area (Å²) < 4.78 is 0. The molecule has 0 saturated heterocycles. The van der Waals surface area contributed by atoms with E-state index in [0.717, 1.165) is 51.4 Å². The van der Waals surface area contributed by atoms with Gasteiger partial charge in [-0.1, -0.05) is 64.5 Å². The Morgan fingerprint density at radius 3 is 2.00 bits per heavy atom. The Morgan fingerprint density at radius 2 is 1.45 bits per heavy atom. The van der Waals surface area contributed by atoms with E-state index in [4.69, 9.17) is 0 Å². The first-order valence-electron chi connectivity index (χ1n) is 14.2. The van der Waals surface area contributed by atoms with Gasteiger partial charge in [0.1, 0.15) is 17.4 Å². The maximum atomic E-state index is 12.7. The number of carboxylic acid groups (broad SMARTS) is 1. The molecule has 0 bridgehead atoms. The molecule has 0 spiro atoms. The van der Waals surface area contributed by atoms with Gasteiger partial charge in [-0.2, -0.15) is 0 Å². The number of hydrogen-bond acceptors (Lipinski definition) is 7. The maximum Gasteiger partial charge on any atom is 0.326 e. The number of pyridine rings is 1. The fraction of sp³-hybridized carbons (Fsp3) is 0.452. The van der Waals surface area contributed by atoms with Gasteiger partial charge in [-0.25, -0.2) is 4.79 Å². The second kappa shape index (κ2) is 15.5. The zero-order valence-corrected chi connectivity index (χ0v) is 23.4. The molecule has 0 fully saturated rings. The minimum atomic E-state index is -1.12. The maximum absolute atomic E-state index is 12.7. The Labute approximate surface area is 235 Å². The average molecular weight is 549 g/mol. The standard InChI is InChI=1S/C31H40N4O5/c1-3-5-7-9-19-35(20-10-8-6-4-2)27-26(28(36)29(27)37)34-25(31(39)40)21-22-11-13-24(14-12-22)33-30(38)23-15-17-32-18-16-23/h11-18,25,34H,3-10,19-21H2,1-2H3,(H,33,38)(H,39,40)/t25-/m0/s1. The van der Waals surface area contributed by atoms with Crippen molar-refractivity contribution in [2.45, 2.75) is 77.7 Å². The van der Waals surface area contributed by atoms with Crippen molar-refractivity contribution >= 4 is 28.9 Å². The number of carbonyl (C=O) groups is 2. The highest BCUT2D eigenvalue weighted by atomic mass is 16.4. The summed E-state index contributed by atoms with van der Waals surface area (Å²) in [6.45, 7) is 5.60. The molecule has 40 heavy (non-hydrogen) atoms. The molecule has 1 heterocycles. The lowest BCUT2D eigenvalue weighted by Crippen LogP contribution is -2.46. The van der Waals surface area contributed by atoms with Crippen molar-refractivity contribution < 1.29 is 14.7 Å². The second-order valence-electron chi connectivity index (χ2n) is 10.1. The fourth-order valence-corrected chi connectivity index (χ4v) is 4.65. The van der Waals surface area contributed by atoms with Gasteiger partial charge in [0.05, 0.1) is 0 Å². The number of carboxylic acids is 1. The molecule has 0 unspecified atom stereocenters. The van der Waals surface area contributed by atoms with Gasteiger partial charge in [0, 0.05) is 43.2 Å². The van der Waals surface area contributed by atoms with E-state index in [1.807, 2.05) is 4.90 Å². The Bertz CT molecular complexity index is 1290. The number of carbonyl (C=O) groups excluding carboxylic acids is 1. The number of aromatic nitrogens is 1. The Kier molecular flexibility index (Phi) is 11.9. The van der Waals surface area contributed by atoms with Crippen molar-refractivity contribution in [2.75, 3.05) is 28.6 Å². The first kappa shape index (κ1) is 30.5. The summed E-state index contributed by atoms with van der Waals surface area (Å²) >= 11 is 0. The number of anilines is 3. The molecule has 214 valence electrons. The summed E-state index contributed by atoms with van der Waals surface area (Å²) in [5.41, 5.74) is 0.954. The van der Waals surface area contributed by atoms with E-state index in [9.17, 15) is 24.3 Å². The highest BCUT2D eigenvalue weighted by Crippen LogP contribution is 2.24. The van der Waals surface area contributed by atoms with Crippen LogP contribution in [0.4, 0.5) is 17.1 Å². The van der Waals surface area contributed by atoms with Gasteiger partial charge in [0.25, 0.3) is 16.8 Å². The summed E-state index contributed by atoms with van der Waals surface area (Å²) in [6.07, 6.45) is 11.5. The molecule has 3 aromatic rings. The molecule has 0 aliphatic rings. The van der Waals surface area contributed by atoms with Gasteiger partial charge >= 0.3 is 5.97 Å². The van der Waals surface area contributed by atoms with E-state index in [0.29, 0.717) is 35.6 Å². The van der Waals surface area contributed by atoms with E-state index in [1.54, 1.807) is 36.4 Å². The number of rotatable bonds is 18. The number of hydrogen-bond donors (Lipinski definition) is 3. The smallest absolute Gasteiger partial charge is 0.326 e. The SMILES string of the molecule is CCCCCCN(CCCCCC)c1c(N[C@@H](Cc2ccc(NC(=O)c3ccncc3)cc2)C(=O)O)c(=O)c1=O. The minimum absolute atomic E-state index is 0.0964. The Morgan fingerprint density at radius 1 is 0.850 bits per heavy atom. The van der Waals surface area contributed by atoms with Crippen LogP contribution in [0.3, 0.4) is 0 Å². The van der Waals surface area contributed by atoms with E-state index < -0.39 is 22.9 Å². The molecule has 3 rings (SSSR count). The molecule has 9 heteroatoms. The van der Waals surface area contributed by atoms with Crippen LogP contribution in [0.1, 0.15) is 81.1 Å². The van der Waals surface area contributed by atoms with Crippen LogP contribution in [-0.2, 0) is 11.2 Å². The summed E-state index contributed by atoms with van der Waals surface area (Å²) in [4.78, 5) is 55.6. The zero-order chi connectivity index (χ0) is 28.9. The van der Waals surface area contributed by atoms with Crippen LogP contribution in [0.15, 0.2) is 58.4 Å². The lowest BCUT2D eigenvalue weighted by Gasteiger charge is -2.29. The van der Waals surface area contributed by atoms with Crippen LogP contribution in [0.25, 0.3) is 0 Å². The molecule has 1 aromatic heterocycles. The van der Waals surface area contributed by atoms with Gasteiger partial charge in [0.2, 0.25) is 0 Å². The fourth-order valence-electron chi connectivity index (χ4n) is 4.65. The first-order valence-corrected chi connectivity index (χ1v) is 14.2. The van der Waals surface area contributed by atoms with Crippen LogP contribution >= 0.6 is 0 Å². The van der Waals surface area contributed by atoms with Gasteiger partial charge in [-0.3, -0.25) is 19.4 Å². The van der Waals surface area contributed by atoms with Gasteiger partial charge in [-0.05, 0) is 42.7 Å². The van der Waals surface area contributed by atoms with Gasteiger partial charge in [-0.15, -0.1) is 0 Å². The van der Waals surface area contributed by atoms with E-state index >= 15 is 0 Å². The van der Waals surface area contributed by atoms with Crippen molar-refractivity contribution in [3.05, 3.63) is 80.4 Å². The molecular formula is C31H40N4O5. The third-order valence-electron chi connectivity index (χ3n) is 6.98. The Balaban J connectivity index is 1.70. The van der Waals surface area contributed by atoms with E-state index in [2.05, 4.69) is 29.5 Å². The molecule has 0 radical (unpaired) electrons. The Hall–Kier alpha value is -4.01. The highest BCUT2D eigenvalue weighted by Gasteiger charge is 2.29. The third-order valence-corrected chi connectivity index (χ3v) is 6.98. The normalized spacial score (nSPS) is 11.8. The number of unbranched alkanes of at least 4 members (excludes halogenated alkanes) is 6. The van der Waals surface area contributed by atoms with Crippen LogP contribution in [0, 0.1) is 0 Å². The third kappa shape index (κ3) is 8.49. The van der Waals surface area contributed by atoms with Crippen molar-refractivity contribution in [2.24, 2.45) is 0 Å². The molecular weight excluding hydrogens is 508 g/mol. The van der Waals surface area contributed by atoms with E-state index in [1.165, 1.54) is 12.4 Å². The topological polar surface area (TPSA) is 129 Å². The number of nitrogens with zero attached hydrogens (tertiary/aromatic N) is 2. The molecule has 0 saturated carbocycles. The van der Waals surface area contributed by atoms with Crippen LogP contribution in [-0.4, -0.2) is 41.1 Å². The number of amides is 1. The van der Waals surface area contributed by atoms with Crippen LogP contribution in [0.5, 0.6) is 0 Å². The number of benzene rings is 1. The second-order valence-corrected chi connectivity index (χ2v) is 10.1. The number of aliphatic carboxylic acids is 1. The molecule has 1 atom stereocenters. The molecule has 1 amide bonds. The zero-order valence-electron chi connectivity index (χ0n) is 23.4. The summed E-state index contributed by atoms with van der Waals surface area (Å²) in [5.74, 6) is -1.40. The summed E-state index contributed by atoms with van der Waals surface area (Å²) in [5, 5.41) is 15.6. The lowest BCUT2D eigenvalue weighted by molar-refractivity contribution is -0.137. The molecule has 0 aliphatic carbocycles. The molecule has 0 aliphatic heterocycles. The highest BCUT2D eigenvalue weighted by molar-refractivity contribution is 6.04. The van der Waals surface area contributed by atoms with Gasteiger partial charge in [0.15, 0.2) is 0 Å². The molecule has 9 nitrogen and oxygen atoms in total. The van der Waals surface area contributed by atoms with Crippen LogP contribution < -0.4 is 26.4 Å². The lowest BCUT2D eigenvalue weighted by atomic mass is 10.0. The number of nitrogens with one attached hydrogen (secondary N) is 2. The predicted octanol–water partition coefficient (Wildman–Crippen LogP) is 5.00. The van der Waals surface area contributed by atoms with Crippen LogP contribution in [0.2, 0.25) is 0 Å². The van der Waals surface area contributed by atoms with Gasteiger partial charge < -0.3 is 20.6 Å². The summed E-state index contributed by atoms with van der Waals surface area (Å²) in [6, 6.07) is 8.99. The van der Waals surface area contributed by atoms with E-state index in [-0.39, 0.29) is 18.0 Å². The monoisotopic (exact) mass is 548 g/mol. The average Bonchev–Trinajstić information content (AvgIpc) is 2.97. The van der Waals surface area contributed by atoms with Crippen molar-refractivity contribution in [1.82, 2.24) is 4.98 Å². The quantitative estimate of drug-likeness (QED) is 0.150. The minimum Gasteiger partial charge on any atom is -0.480 e. The largest absolute Gasteiger partial charge is 0.480 e. The predicted molar refractivity (Wildman–Crippen MR) is 159 cm³/mol. The summed E-state index contributed by atoms with van der Waals surface area (Å²) in [7, 11) is 0. The first-order chi connectivity index (χ1) is 19.3. The van der Waals surface area contributed by atoms with Crippen molar-refractivity contribution in [3.8, 4) is 0 Å². The molecule has 3 N–H and O–H groups in total. The van der Waals surface area contributed by atoms with Crippen molar-refractivity contribution in [3.63, 3.8) is 0 Å².